The SMILES string of the molecule is Cc1cnc(-c2cncc([C@H]3CCCN3Cc3cccnc3)n2)[nH]1. The third-order valence-electron chi connectivity index (χ3n) is 4.41. The first-order valence-corrected chi connectivity index (χ1v) is 8.26. The Balaban J connectivity index is 1.58. The summed E-state index contributed by atoms with van der Waals surface area (Å²) < 4.78 is 0. The number of aromatic amines is 1. The van der Waals surface area contributed by atoms with Crippen molar-refractivity contribution in [3.8, 4) is 11.5 Å². The monoisotopic (exact) mass is 320 g/mol. The molecule has 1 aliphatic heterocycles. The van der Waals surface area contributed by atoms with E-state index in [1.807, 2.05) is 37.8 Å². The summed E-state index contributed by atoms with van der Waals surface area (Å²) in [6, 6.07) is 4.41. The zero-order chi connectivity index (χ0) is 16.4. The van der Waals surface area contributed by atoms with Crippen LogP contribution in [0.1, 0.15) is 35.8 Å². The van der Waals surface area contributed by atoms with Crippen molar-refractivity contribution in [2.45, 2.75) is 32.4 Å². The number of pyridine rings is 1. The van der Waals surface area contributed by atoms with Gasteiger partial charge in [-0.1, -0.05) is 6.07 Å². The highest BCUT2D eigenvalue weighted by Gasteiger charge is 2.27. The molecule has 24 heavy (non-hydrogen) atoms. The Kier molecular flexibility index (Phi) is 4.04. The summed E-state index contributed by atoms with van der Waals surface area (Å²) in [5.41, 5.74) is 4.07. The Labute approximate surface area is 141 Å². The van der Waals surface area contributed by atoms with Crippen molar-refractivity contribution in [1.29, 1.82) is 0 Å². The lowest BCUT2D eigenvalue weighted by Crippen LogP contribution is -2.23. The topological polar surface area (TPSA) is 70.6 Å². The van der Waals surface area contributed by atoms with Crippen LogP contribution in [-0.4, -0.2) is 36.4 Å². The van der Waals surface area contributed by atoms with Crippen molar-refractivity contribution in [3.05, 3.63) is 60.1 Å². The van der Waals surface area contributed by atoms with Crippen molar-refractivity contribution < 1.29 is 0 Å². The normalized spacial score (nSPS) is 18.1. The number of nitrogens with one attached hydrogen (secondary N) is 1. The van der Waals surface area contributed by atoms with Crippen LogP contribution in [0.3, 0.4) is 0 Å². The molecule has 4 heterocycles. The molecule has 0 unspecified atom stereocenters. The summed E-state index contributed by atoms with van der Waals surface area (Å²) in [5.74, 6) is 0.777. The minimum Gasteiger partial charge on any atom is -0.341 e. The van der Waals surface area contributed by atoms with Crippen LogP contribution in [0.25, 0.3) is 11.5 Å². The van der Waals surface area contributed by atoms with Crippen LogP contribution >= 0.6 is 0 Å². The Bertz CT molecular complexity index is 813. The highest BCUT2D eigenvalue weighted by atomic mass is 15.2. The van der Waals surface area contributed by atoms with Gasteiger partial charge in [0.2, 0.25) is 0 Å². The fraction of sp³-hybridized carbons (Fsp3) is 0.333. The summed E-state index contributed by atoms with van der Waals surface area (Å²) in [7, 11) is 0. The van der Waals surface area contributed by atoms with Crippen LogP contribution in [0.15, 0.2) is 43.1 Å². The van der Waals surface area contributed by atoms with Gasteiger partial charge in [0, 0.05) is 30.8 Å². The molecule has 3 aromatic heterocycles. The van der Waals surface area contributed by atoms with Gasteiger partial charge in [0.1, 0.15) is 5.69 Å². The minimum absolute atomic E-state index is 0.300. The van der Waals surface area contributed by atoms with Gasteiger partial charge >= 0.3 is 0 Å². The molecule has 0 radical (unpaired) electrons. The van der Waals surface area contributed by atoms with Gasteiger partial charge in [-0.3, -0.25) is 14.9 Å². The van der Waals surface area contributed by atoms with Crippen LogP contribution in [0.5, 0.6) is 0 Å². The number of nitrogens with zero attached hydrogens (tertiary/aromatic N) is 5. The minimum atomic E-state index is 0.300. The number of hydrogen-bond acceptors (Lipinski definition) is 5. The third-order valence-corrected chi connectivity index (χ3v) is 4.41. The smallest absolute Gasteiger partial charge is 0.157 e. The molecule has 1 aliphatic rings. The molecule has 3 aromatic rings. The van der Waals surface area contributed by atoms with E-state index in [1.54, 1.807) is 6.20 Å². The average Bonchev–Trinajstić information content (AvgIpc) is 3.25. The number of hydrogen-bond donors (Lipinski definition) is 1. The predicted molar refractivity (Wildman–Crippen MR) is 91.0 cm³/mol. The predicted octanol–water partition coefficient (Wildman–Crippen LogP) is 2.91. The molecule has 0 amide bonds. The van der Waals surface area contributed by atoms with E-state index >= 15 is 0 Å². The molecular weight excluding hydrogens is 300 g/mol. The molecule has 0 spiro atoms. The number of imidazole rings is 1. The maximum Gasteiger partial charge on any atom is 0.157 e. The largest absolute Gasteiger partial charge is 0.341 e. The number of H-pyrrole nitrogens is 1. The van der Waals surface area contributed by atoms with Crippen molar-refractivity contribution in [2.75, 3.05) is 6.54 Å². The Morgan fingerprint density at radius 3 is 2.96 bits per heavy atom. The van der Waals surface area contributed by atoms with Gasteiger partial charge in [0.25, 0.3) is 0 Å². The highest BCUT2D eigenvalue weighted by Crippen LogP contribution is 2.32. The van der Waals surface area contributed by atoms with Crippen LogP contribution < -0.4 is 0 Å². The van der Waals surface area contributed by atoms with Gasteiger partial charge in [0.15, 0.2) is 5.82 Å². The van der Waals surface area contributed by atoms with Crippen LogP contribution in [-0.2, 0) is 6.54 Å². The van der Waals surface area contributed by atoms with E-state index in [2.05, 4.69) is 30.9 Å². The lowest BCUT2D eigenvalue weighted by Gasteiger charge is -2.23. The third kappa shape index (κ3) is 3.05. The molecule has 1 saturated heterocycles. The van der Waals surface area contributed by atoms with Crippen molar-refractivity contribution in [1.82, 2.24) is 29.8 Å². The Hall–Kier alpha value is -2.60. The fourth-order valence-electron chi connectivity index (χ4n) is 3.28. The fourth-order valence-corrected chi connectivity index (χ4v) is 3.28. The number of rotatable bonds is 4. The van der Waals surface area contributed by atoms with Crippen LogP contribution in [0, 0.1) is 6.92 Å². The second kappa shape index (κ2) is 6.49. The Morgan fingerprint density at radius 2 is 2.17 bits per heavy atom. The zero-order valence-corrected chi connectivity index (χ0v) is 13.7. The van der Waals surface area contributed by atoms with E-state index in [1.165, 1.54) is 12.0 Å². The second-order valence-electron chi connectivity index (χ2n) is 6.23. The van der Waals surface area contributed by atoms with E-state index in [0.29, 0.717) is 6.04 Å². The van der Waals surface area contributed by atoms with Crippen molar-refractivity contribution >= 4 is 0 Å². The first kappa shape index (κ1) is 15.0. The molecule has 0 aliphatic carbocycles. The number of aromatic nitrogens is 5. The molecule has 1 fully saturated rings. The molecule has 1 atom stereocenters. The van der Waals surface area contributed by atoms with E-state index < -0.39 is 0 Å². The average molecular weight is 320 g/mol. The van der Waals surface area contributed by atoms with Crippen molar-refractivity contribution in [3.63, 3.8) is 0 Å². The zero-order valence-electron chi connectivity index (χ0n) is 13.7. The summed E-state index contributed by atoms with van der Waals surface area (Å²) in [6.07, 6.45) is 11.5. The summed E-state index contributed by atoms with van der Waals surface area (Å²) in [4.78, 5) is 23.5. The van der Waals surface area contributed by atoms with Crippen molar-refractivity contribution in [2.24, 2.45) is 0 Å². The van der Waals surface area contributed by atoms with E-state index in [0.717, 1.165) is 42.4 Å². The van der Waals surface area contributed by atoms with Gasteiger partial charge in [0.05, 0.1) is 24.1 Å². The molecule has 1 N–H and O–H groups in total. The van der Waals surface area contributed by atoms with Gasteiger partial charge in [-0.05, 0) is 37.9 Å². The van der Waals surface area contributed by atoms with Crippen LogP contribution in [0.2, 0.25) is 0 Å². The maximum atomic E-state index is 4.82. The number of aryl methyl sites for hydroxylation is 1. The van der Waals surface area contributed by atoms with Gasteiger partial charge in [-0.15, -0.1) is 0 Å². The second-order valence-corrected chi connectivity index (χ2v) is 6.23. The van der Waals surface area contributed by atoms with E-state index in [9.17, 15) is 0 Å². The lowest BCUT2D eigenvalue weighted by molar-refractivity contribution is 0.244. The Morgan fingerprint density at radius 1 is 1.21 bits per heavy atom. The first-order chi connectivity index (χ1) is 11.8. The maximum absolute atomic E-state index is 4.82. The first-order valence-electron chi connectivity index (χ1n) is 8.26. The summed E-state index contributed by atoms with van der Waals surface area (Å²) in [5, 5.41) is 0. The standard InChI is InChI=1S/C18H20N6/c1-13-8-21-18(22-13)16-11-20-10-15(23-16)17-5-3-7-24(17)12-14-4-2-6-19-9-14/h2,4,6,8-11,17H,3,5,7,12H2,1H3,(H,21,22)/t17-/m1/s1. The van der Waals surface area contributed by atoms with E-state index in [-0.39, 0.29) is 0 Å². The molecule has 0 aromatic carbocycles. The molecule has 6 heteroatoms. The van der Waals surface area contributed by atoms with Crippen LogP contribution in [0.4, 0.5) is 0 Å². The quantitative estimate of drug-likeness (QED) is 0.800. The summed E-state index contributed by atoms with van der Waals surface area (Å²) >= 11 is 0. The molecular formula is C18H20N6. The summed E-state index contributed by atoms with van der Waals surface area (Å²) in [6.45, 7) is 3.95. The van der Waals surface area contributed by atoms with Gasteiger partial charge in [-0.25, -0.2) is 9.97 Å². The van der Waals surface area contributed by atoms with Gasteiger partial charge < -0.3 is 4.98 Å². The molecule has 4 rings (SSSR count). The van der Waals surface area contributed by atoms with E-state index in [4.69, 9.17) is 4.98 Å². The molecule has 122 valence electrons. The molecule has 6 nitrogen and oxygen atoms in total. The molecule has 0 saturated carbocycles. The number of likely N-dealkylation sites (tertiary alicyclic amines) is 1. The highest BCUT2D eigenvalue weighted by molar-refractivity contribution is 5.48. The molecule has 0 bridgehead atoms. The lowest BCUT2D eigenvalue weighted by atomic mass is 10.1. The van der Waals surface area contributed by atoms with Gasteiger partial charge in [-0.2, -0.15) is 0 Å².